The highest BCUT2D eigenvalue weighted by Crippen LogP contribution is 2.26. The van der Waals surface area contributed by atoms with Gasteiger partial charge in [0.25, 0.3) is 0 Å². The van der Waals surface area contributed by atoms with Crippen molar-refractivity contribution in [1.82, 2.24) is 0 Å². The van der Waals surface area contributed by atoms with Crippen LogP contribution < -0.4 is 9.47 Å². The molecule has 0 bridgehead atoms. The molecule has 0 aromatic heterocycles. The van der Waals surface area contributed by atoms with Crippen LogP contribution in [0.1, 0.15) is 6.92 Å². The highest BCUT2D eigenvalue weighted by Gasteiger charge is 2.00. The zero-order chi connectivity index (χ0) is 10.4. The van der Waals surface area contributed by atoms with Crippen LogP contribution in [0.2, 0.25) is 0 Å². The van der Waals surface area contributed by atoms with Gasteiger partial charge in [0.2, 0.25) is 0 Å². The number of phenolic OH excluding ortho intramolecular Hbond substituents is 1. The maximum absolute atomic E-state index is 9.31. The molecule has 0 unspecified atom stereocenters. The molecule has 0 fully saturated rings. The number of hydrogen-bond acceptors (Lipinski definition) is 3. The second kappa shape index (κ2) is 5.03. The monoisotopic (exact) mass is 192 g/mol. The molecular formula is C11H12O3. The van der Waals surface area contributed by atoms with Gasteiger partial charge in [-0.15, -0.1) is 6.42 Å². The molecule has 0 radical (unpaired) electrons. The van der Waals surface area contributed by atoms with E-state index in [1.54, 1.807) is 6.07 Å². The number of ether oxygens (including phenoxy) is 2. The van der Waals surface area contributed by atoms with Crippen LogP contribution in [0.4, 0.5) is 0 Å². The lowest BCUT2D eigenvalue weighted by Crippen LogP contribution is -1.95. The maximum Gasteiger partial charge on any atom is 0.148 e. The molecule has 0 aliphatic rings. The Morgan fingerprint density at radius 1 is 1.29 bits per heavy atom. The highest BCUT2D eigenvalue weighted by molar-refractivity contribution is 5.41. The van der Waals surface area contributed by atoms with Crippen molar-refractivity contribution in [3.05, 3.63) is 18.2 Å². The summed E-state index contributed by atoms with van der Waals surface area (Å²) in [5.74, 6) is 3.52. The molecule has 74 valence electrons. The summed E-state index contributed by atoms with van der Waals surface area (Å²) in [6.07, 6.45) is 5.04. The first-order valence-corrected chi connectivity index (χ1v) is 4.29. The quantitative estimate of drug-likeness (QED) is 0.739. The fourth-order valence-electron chi connectivity index (χ4n) is 1.02. The largest absolute Gasteiger partial charge is 0.508 e. The molecule has 0 saturated carbocycles. The molecule has 0 aliphatic heterocycles. The van der Waals surface area contributed by atoms with E-state index in [-0.39, 0.29) is 12.4 Å². The molecular weight excluding hydrogens is 180 g/mol. The molecule has 14 heavy (non-hydrogen) atoms. The predicted octanol–water partition coefficient (Wildman–Crippen LogP) is 1.80. The number of rotatable bonds is 4. The Kier molecular flexibility index (Phi) is 3.69. The summed E-state index contributed by atoms with van der Waals surface area (Å²) >= 11 is 0. The average Bonchev–Trinajstić information content (AvgIpc) is 2.14. The Morgan fingerprint density at radius 2 is 1.93 bits per heavy atom. The minimum Gasteiger partial charge on any atom is -0.508 e. The minimum absolute atomic E-state index is 0.1000. The van der Waals surface area contributed by atoms with Crippen molar-refractivity contribution in [3.8, 4) is 29.6 Å². The van der Waals surface area contributed by atoms with Crippen molar-refractivity contribution >= 4 is 0 Å². The molecule has 0 aliphatic carbocycles. The molecule has 0 amide bonds. The van der Waals surface area contributed by atoms with Gasteiger partial charge in [-0.1, -0.05) is 5.92 Å². The zero-order valence-corrected chi connectivity index (χ0v) is 7.99. The van der Waals surface area contributed by atoms with Crippen molar-refractivity contribution in [1.29, 1.82) is 0 Å². The van der Waals surface area contributed by atoms with E-state index in [0.29, 0.717) is 18.1 Å². The van der Waals surface area contributed by atoms with Crippen molar-refractivity contribution in [2.24, 2.45) is 0 Å². The van der Waals surface area contributed by atoms with E-state index < -0.39 is 0 Å². The standard InChI is InChI=1S/C11H12O3/c1-3-5-14-11-7-9(12)6-10(8-11)13-4-2/h1,6-8,12H,4-5H2,2H3. The van der Waals surface area contributed by atoms with Crippen LogP contribution in [-0.4, -0.2) is 18.3 Å². The molecule has 0 atom stereocenters. The Bertz CT molecular complexity index is 339. The van der Waals surface area contributed by atoms with Crippen molar-refractivity contribution in [2.45, 2.75) is 6.92 Å². The van der Waals surface area contributed by atoms with E-state index in [2.05, 4.69) is 5.92 Å². The van der Waals surface area contributed by atoms with Crippen LogP contribution in [-0.2, 0) is 0 Å². The second-order valence-electron chi connectivity index (χ2n) is 2.59. The molecule has 3 heteroatoms. The fraction of sp³-hybridized carbons (Fsp3) is 0.273. The Hall–Kier alpha value is -1.82. The van der Waals surface area contributed by atoms with Crippen LogP contribution in [0.5, 0.6) is 17.2 Å². The van der Waals surface area contributed by atoms with Gasteiger partial charge in [0, 0.05) is 18.2 Å². The molecule has 0 spiro atoms. The predicted molar refractivity (Wildman–Crippen MR) is 53.6 cm³/mol. The van der Waals surface area contributed by atoms with Crippen LogP contribution in [0.15, 0.2) is 18.2 Å². The fourth-order valence-corrected chi connectivity index (χ4v) is 1.02. The summed E-state index contributed by atoms with van der Waals surface area (Å²) in [4.78, 5) is 0. The summed E-state index contributed by atoms with van der Waals surface area (Å²) in [7, 11) is 0. The van der Waals surface area contributed by atoms with E-state index in [9.17, 15) is 5.11 Å². The van der Waals surface area contributed by atoms with Gasteiger partial charge >= 0.3 is 0 Å². The normalized spacial score (nSPS) is 9.14. The van der Waals surface area contributed by atoms with E-state index in [1.807, 2.05) is 6.92 Å². The Labute approximate surface area is 83.3 Å². The van der Waals surface area contributed by atoms with Gasteiger partial charge in [0.15, 0.2) is 0 Å². The van der Waals surface area contributed by atoms with Gasteiger partial charge in [0.1, 0.15) is 23.9 Å². The summed E-state index contributed by atoms with van der Waals surface area (Å²) in [5, 5.41) is 9.31. The molecule has 1 N–H and O–H groups in total. The van der Waals surface area contributed by atoms with Crippen LogP contribution in [0, 0.1) is 12.3 Å². The third-order valence-electron chi connectivity index (χ3n) is 1.50. The van der Waals surface area contributed by atoms with Gasteiger partial charge in [0.05, 0.1) is 6.61 Å². The average molecular weight is 192 g/mol. The zero-order valence-electron chi connectivity index (χ0n) is 7.99. The lowest BCUT2D eigenvalue weighted by atomic mass is 10.3. The Morgan fingerprint density at radius 3 is 2.50 bits per heavy atom. The van der Waals surface area contributed by atoms with Crippen molar-refractivity contribution < 1.29 is 14.6 Å². The first-order chi connectivity index (χ1) is 6.76. The second-order valence-corrected chi connectivity index (χ2v) is 2.59. The Balaban J connectivity index is 2.79. The molecule has 1 aromatic carbocycles. The molecule has 0 saturated heterocycles. The van der Waals surface area contributed by atoms with Gasteiger partial charge < -0.3 is 14.6 Å². The molecule has 3 nitrogen and oxygen atoms in total. The van der Waals surface area contributed by atoms with E-state index >= 15 is 0 Å². The van der Waals surface area contributed by atoms with Crippen LogP contribution in [0.25, 0.3) is 0 Å². The lowest BCUT2D eigenvalue weighted by Gasteiger charge is -2.07. The molecule has 1 aromatic rings. The first kappa shape index (κ1) is 10.3. The van der Waals surface area contributed by atoms with Gasteiger partial charge in [-0.25, -0.2) is 0 Å². The van der Waals surface area contributed by atoms with Gasteiger partial charge in [-0.05, 0) is 6.92 Å². The highest BCUT2D eigenvalue weighted by atomic mass is 16.5. The number of phenols is 1. The lowest BCUT2D eigenvalue weighted by molar-refractivity contribution is 0.328. The maximum atomic E-state index is 9.31. The van der Waals surface area contributed by atoms with Crippen molar-refractivity contribution in [3.63, 3.8) is 0 Å². The summed E-state index contributed by atoms with van der Waals surface area (Å²) in [6, 6.07) is 4.69. The van der Waals surface area contributed by atoms with E-state index in [0.717, 1.165) is 0 Å². The van der Waals surface area contributed by atoms with E-state index in [1.165, 1.54) is 12.1 Å². The first-order valence-electron chi connectivity index (χ1n) is 4.29. The van der Waals surface area contributed by atoms with Crippen LogP contribution >= 0.6 is 0 Å². The number of hydrogen-bond donors (Lipinski definition) is 1. The summed E-state index contributed by atoms with van der Waals surface area (Å²) in [6.45, 7) is 2.58. The van der Waals surface area contributed by atoms with Crippen molar-refractivity contribution in [2.75, 3.05) is 13.2 Å². The topological polar surface area (TPSA) is 38.7 Å². The van der Waals surface area contributed by atoms with Gasteiger partial charge in [-0.2, -0.15) is 0 Å². The summed E-state index contributed by atoms with van der Waals surface area (Å²) in [5.41, 5.74) is 0. The third kappa shape index (κ3) is 2.91. The molecule has 1 rings (SSSR count). The van der Waals surface area contributed by atoms with Gasteiger partial charge in [-0.3, -0.25) is 0 Å². The number of aromatic hydroxyl groups is 1. The minimum atomic E-state index is 0.1000. The molecule has 0 heterocycles. The smallest absolute Gasteiger partial charge is 0.148 e. The SMILES string of the molecule is C#CCOc1cc(O)cc(OCC)c1. The third-order valence-corrected chi connectivity index (χ3v) is 1.50. The number of benzene rings is 1. The van der Waals surface area contributed by atoms with Crippen LogP contribution in [0.3, 0.4) is 0 Å². The number of terminal acetylenes is 1. The van der Waals surface area contributed by atoms with E-state index in [4.69, 9.17) is 15.9 Å². The summed E-state index contributed by atoms with van der Waals surface area (Å²) < 4.78 is 10.4.